The van der Waals surface area contributed by atoms with Crippen LogP contribution in [0, 0.1) is 5.82 Å². The zero-order chi connectivity index (χ0) is 20.4. The molecule has 3 heterocycles. The minimum atomic E-state index is -0.410. The molecule has 3 amide bonds. The summed E-state index contributed by atoms with van der Waals surface area (Å²) in [6.45, 7) is 2.50. The third kappa shape index (κ3) is 3.85. The zero-order valence-electron chi connectivity index (χ0n) is 15.9. The standard InChI is InChI=1S/C20H22FN5O3/c21-14-4-6-15(7-5-14)22-19(28)17-16-3-1-2-8-26(16)18(23-17)20(29)25-11-9-24(13-27)10-12-25/h4-7,13H,1-3,8-12H2,(H,22,28). The topological polar surface area (TPSA) is 87.5 Å². The van der Waals surface area contributed by atoms with E-state index in [0.29, 0.717) is 44.8 Å². The molecule has 1 saturated heterocycles. The van der Waals surface area contributed by atoms with Crippen LogP contribution < -0.4 is 5.32 Å². The number of fused-ring (bicyclic) bond motifs is 1. The van der Waals surface area contributed by atoms with Gasteiger partial charge in [0.2, 0.25) is 6.41 Å². The number of anilines is 1. The van der Waals surface area contributed by atoms with E-state index in [1.54, 1.807) is 9.80 Å². The normalized spacial score (nSPS) is 16.3. The number of imidazole rings is 1. The minimum Gasteiger partial charge on any atom is -0.342 e. The van der Waals surface area contributed by atoms with Crippen molar-refractivity contribution >= 4 is 23.9 Å². The number of aromatic nitrogens is 2. The summed E-state index contributed by atoms with van der Waals surface area (Å²) in [5, 5.41) is 2.73. The van der Waals surface area contributed by atoms with Gasteiger partial charge in [-0.15, -0.1) is 0 Å². The maximum Gasteiger partial charge on any atom is 0.290 e. The zero-order valence-corrected chi connectivity index (χ0v) is 15.9. The lowest BCUT2D eigenvalue weighted by Crippen LogP contribution is -2.48. The molecular formula is C20H22FN5O3. The van der Waals surface area contributed by atoms with Crippen LogP contribution in [-0.2, 0) is 17.8 Å². The van der Waals surface area contributed by atoms with E-state index in [9.17, 15) is 18.8 Å². The fourth-order valence-corrected chi connectivity index (χ4v) is 3.78. The minimum absolute atomic E-state index is 0.223. The number of amides is 3. The van der Waals surface area contributed by atoms with Crippen molar-refractivity contribution in [2.45, 2.75) is 25.8 Å². The highest BCUT2D eigenvalue weighted by molar-refractivity contribution is 6.05. The lowest BCUT2D eigenvalue weighted by molar-refractivity contribution is -0.119. The molecule has 29 heavy (non-hydrogen) atoms. The Morgan fingerprint density at radius 2 is 1.76 bits per heavy atom. The predicted molar refractivity (Wildman–Crippen MR) is 103 cm³/mol. The third-order valence-electron chi connectivity index (χ3n) is 5.38. The van der Waals surface area contributed by atoms with Gasteiger partial charge < -0.3 is 19.7 Å². The maximum absolute atomic E-state index is 13.1. The van der Waals surface area contributed by atoms with Gasteiger partial charge in [0.25, 0.3) is 11.8 Å². The highest BCUT2D eigenvalue weighted by atomic mass is 19.1. The van der Waals surface area contributed by atoms with Gasteiger partial charge in [-0.05, 0) is 43.5 Å². The molecule has 1 fully saturated rings. The average Bonchev–Trinajstić information content (AvgIpc) is 3.15. The van der Waals surface area contributed by atoms with E-state index in [4.69, 9.17) is 0 Å². The molecule has 1 aromatic carbocycles. The summed E-state index contributed by atoms with van der Waals surface area (Å²) in [5.74, 6) is -0.750. The van der Waals surface area contributed by atoms with Crippen molar-refractivity contribution in [3.8, 4) is 0 Å². The first-order valence-corrected chi connectivity index (χ1v) is 9.72. The fraction of sp³-hybridized carbons (Fsp3) is 0.400. The van der Waals surface area contributed by atoms with Gasteiger partial charge in [0.05, 0.1) is 5.69 Å². The van der Waals surface area contributed by atoms with Crippen LogP contribution in [0.15, 0.2) is 24.3 Å². The molecule has 2 aromatic rings. The molecule has 1 aromatic heterocycles. The average molecular weight is 399 g/mol. The molecule has 8 nitrogen and oxygen atoms in total. The van der Waals surface area contributed by atoms with Crippen LogP contribution in [0.1, 0.15) is 39.6 Å². The molecule has 0 spiro atoms. The summed E-state index contributed by atoms with van der Waals surface area (Å²) in [7, 11) is 0. The monoisotopic (exact) mass is 399 g/mol. The third-order valence-corrected chi connectivity index (χ3v) is 5.38. The molecule has 0 radical (unpaired) electrons. The van der Waals surface area contributed by atoms with Crippen LogP contribution in [0.5, 0.6) is 0 Å². The van der Waals surface area contributed by atoms with Crippen LogP contribution in [0.25, 0.3) is 0 Å². The first kappa shape index (κ1) is 19.1. The first-order chi connectivity index (χ1) is 14.1. The Balaban J connectivity index is 1.58. The van der Waals surface area contributed by atoms with Crippen molar-refractivity contribution in [3.05, 3.63) is 47.3 Å². The molecule has 0 aliphatic carbocycles. The molecular weight excluding hydrogens is 377 g/mol. The van der Waals surface area contributed by atoms with Crippen LogP contribution in [0.4, 0.5) is 10.1 Å². The first-order valence-electron chi connectivity index (χ1n) is 9.72. The van der Waals surface area contributed by atoms with Gasteiger partial charge in [-0.25, -0.2) is 9.37 Å². The Bertz CT molecular complexity index is 932. The van der Waals surface area contributed by atoms with Crippen molar-refractivity contribution < 1.29 is 18.8 Å². The maximum atomic E-state index is 13.1. The van der Waals surface area contributed by atoms with E-state index in [1.807, 2.05) is 4.57 Å². The smallest absolute Gasteiger partial charge is 0.290 e. The van der Waals surface area contributed by atoms with Gasteiger partial charge in [-0.3, -0.25) is 14.4 Å². The van der Waals surface area contributed by atoms with E-state index in [2.05, 4.69) is 10.3 Å². The summed E-state index contributed by atoms with van der Waals surface area (Å²) < 4.78 is 14.9. The quantitative estimate of drug-likeness (QED) is 0.790. The SMILES string of the molecule is O=CN1CCN(C(=O)c2nc(C(=O)Nc3ccc(F)cc3)c3n2CCCC3)CC1. The number of hydrogen-bond donors (Lipinski definition) is 1. The van der Waals surface area contributed by atoms with Crippen LogP contribution in [0.3, 0.4) is 0 Å². The molecule has 1 N–H and O–H groups in total. The van der Waals surface area contributed by atoms with Crippen molar-refractivity contribution in [1.29, 1.82) is 0 Å². The summed E-state index contributed by atoms with van der Waals surface area (Å²) in [5.41, 5.74) is 1.46. The van der Waals surface area contributed by atoms with E-state index < -0.39 is 5.91 Å². The van der Waals surface area contributed by atoms with E-state index in [1.165, 1.54) is 24.3 Å². The molecule has 152 valence electrons. The number of piperazine rings is 1. The van der Waals surface area contributed by atoms with Crippen LogP contribution in [-0.4, -0.2) is 63.8 Å². The number of carbonyl (C=O) groups excluding carboxylic acids is 3. The summed E-state index contributed by atoms with van der Waals surface area (Å²) in [4.78, 5) is 44.5. The molecule has 0 atom stereocenters. The Hall–Kier alpha value is -3.23. The summed E-state index contributed by atoms with van der Waals surface area (Å²) in [6.07, 6.45) is 3.30. The van der Waals surface area contributed by atoms with Crippen molar-refractivity contribution in [2.24, 2.45) is 0 Å². The van der Waals surface area contributed by atoms with E-state index in [-0.39, 0.29) is 23.2 Å². The van der Waals surface area contributed by atoms with Crippen molar-refractivity contribution in [2.75, 3.05) is 31.5 Å². The molecule has 0 bridgehead atoms. The Morgan fingerprint density at radius 1 is 1.03 bits per heavy atom. The Labute approximate surface area is 167 Å². The number of hydrogen-bond acceptors (Lipinski definition) is 4. The van der Waals surface area contributed by atoms with Gasteiger partial charge in [0, 0.05) is 38.4 Å². The lowest BCUT2D eigenvalue weighted by Gasteiger charge is -2.32. The largest absolute Gasteiger partial charge is 0.342 e. The van der Waals surface area contributed by atoms with Gasteiger partial charge in [-0.2, -0.15) is 0 Å². The van der Waals surface area contributed by atoms with Gasteiger partial charge in [0.1, 0.15) is 5.82 Å². The number of benzene rings is 1. The second-order valence-electron chi connectivity index (χ2n) is 7.23. The van der Waals surface area contributed by atoms with Crippen LogP contribution >= 0.6 is 0 Å². The van der Waals surface area contributed by atoms with Crippen molar-refractivity contribution in [1.82, 2.24) is 19.4 Å². The van der Waals surface area contributed by atoms with Gasteiger partial charge >= 0.3 is 0 Å². The summed E-state index contributed by atoms with van der Waals surface area (Å²) >= 11 is 0. The van der Waals surface area contributed by atoms with Gasteiger partial charge in [0.15, 0.2) is 11.5 Å². The molecule has 2 aliphatic heterocycles. The van der Waals surface area contributed by atoms with E-state index >= 15 is 0 Å². The number of nitrogens with one attached hydrogen (secondary N) is 1. The Kier molecular flexibility index (Phi) is 5.28. The number of halogens is 1. The molecule has 2 aliphatic rings. The number of rotatable bonds is 4. The highest BCUT2D eigenvalue weighted by Gasteiger charge is 2.31. The second-order valence-corrected chi connectivity index (χ2v) is 7.23. The lowest BCUT2D eigenvalue weighted by atomic mass is 10.1. The number of carbonyl (C=O) groups is 3. The molecule has 4 rings (SSSR count). The van der Waals surface area contributed by atoms with Crippen molar-refractivity contribution in [3.63, 3.8) is 0 Å². The molecule has 0 unspecified atom stereocenters. The molecule has 0 saturated carbocycles. The molecule has 9 heteroatoms. The summed E-state index contributed by atoms with van der Waals surface area (Å²) in [6, 6.07) is 5.50. The fourth-order valence-electron chi connectivity index (χ4n) is 3.78. The second kappa shape index (κ2) is 8.02. The van der Waals surface area contributed by atoms with Crippen LogP contribution in [0.2, 0.25) is 0 Å². The van der Waals surface area contributed by atoms with Gasteiger partial charge in [-0.1, -0.05) is 0 Å². The predicted octanol–water partition coefficient (Wildman–Crippen LogP) is 1.52. The van der Waals surface area contributed by atoms with E-state index in [0.717, 1.165) is 24.9 Å². The highest BCUT2D eigenvalue weighted by Crippen LogP contribution is 2.23. The Morgan fingerprint density at radius 3 is 2.45 bits per heavy atom. The number of nitrogens with zero attached hydrogens (tertiary/aromatic N) is 4.